The number of ether oxygens (including phenoxy) is 3. The lowest BCUT2D eigenvalue weighted by Crippen LogP contribution is -2.39. The lowest BCUT2D eigenvalue weighted by molar-refractivity contribution is 0.145. The minimum absolute atomic E-state index is 0. The van der Waals surface area contributed by atoms with Crippen LogP contribution >= 0.6 is 24.0 Å². The number of aliphatic imine (C=N–C) groups is 1. The van der Waals surface area contributed by atoms with Crippen LogP contribution in [0, 0.1) is 6.92 Å². The number of nitrogens with one attached hydrogen (secondary N) is 2. The van der Waals surface area contributed by atoms with Crippen molar-refractivity contribution in [3.63, 3.8) is 0 Å². The molecule has 2 aromatic carbocycles. The fourth-order valence-corrected chi connectivity index (χ4v) is 3.42. The number of fused-ring (bicyclic) bond motifs is 1. The van der Waals surface area contributed by atoms with Gasteiger partial charge in [0, 0.05) is 38.7 Å². The van der Waals surface area contributed by atoms with E-state index in [9.17, 15) is 0 Å². The Morgan fingerprint density at radius 2 is 2.00 bits per heavy atom. The molecule has 0 saturated heterocycles. The van der Waals surface area contributed by atoms with Crippen LogP contribution in [0.2, 0.25) is 0 Å². The predicted octanol–water partition coefficient (Wildman–Crippen LogP) is 3.87. The SMILES string of the molecule is CN=C(NCc1ccc(C)cc1OCCOC)NCC1CCOc2ccccc21.I. The average Bonchev–Trinajstić information content (AvgIpc) is 2.75. The van der Waals surface area contributed by atoms with E-state index in [1.807, 2.05) is 12.1 Å². The highest BCUT2D eigenvalue weighted by atomic mass is 127. The number of aryl methyl sites for hydroxylation is 1. The maximum atomic E-state index is 5.88. The van der Waals surface area contributed by atoms with Crippen molar-refractivity contribution in [2.75, 3.05) is 40.5 Å². The van der Waals surface area contributed by atoms with Gasteiger partial charge in [-0.3, -0.25) is 4.99 Å². The van der Waals surface area contributed by atoms with Gasteiger partial charge in [0.05, 0.1) is 13.2 Å². The topological polar surface area (TPSA) is 64.1 Å². The fraction of sp³-hybridized carbons (Fsp3) is 0.435. The first-order chi connectivity index (χ1) is 14.2. The van der Waals surface area contributed by atoms with Crippen molar-refractivity contribution < 1.29 is 14.2 Å². The number of halogens is 1. The number of nitrogens with zero attached hydrogens (tertiary/aromatic N) is 1. The number of rotatable bonds is 8. The highest BCUT2D eigenvalue weighted by molar-refractivity contribution is 14.0. The minimum Gasteiger partial charge on any atom is -0.493 e. The Morgan fingerprint density at radius 1 is 1.17 bits per heavy atom. The summed E-state index contributed by atoms with van der Waals surface area (Å²) in [6.45, 7) is 5.35. The van der Waals surface area contributed by atoms with Gasteiger partial charge >= 0.3 is 0 Å². The van der Waals surface area contributed by atoms with Gasteiger partial charge in [0.25, 0.3) is 0 Å². The van der Waals surface area contributed by atoms with Crippen LogP contribution in [0.1, 0.15) is 29.0 Å². The maximum absolute atomic E-state index is 5.88. The summed E-state index contributed by atoms with van der Waals surface area (Å²) < 4.78 is 16.7. The largest absolute Gasteiger partial charge is 0.493 e. The molecule has 0 spiro atoms. The van der Waals surface area contributed by atoms with Crippen LogP contribution in [-0.4, -0.2) is 46.5 Å². The summed E-state index contributed by atoms with van der Waals surface area (Å²) in [4.78, 5) is 4.37. The van der Waals surface area contributed by atoms with Gasteiger partial charge in [0.1, 0.15) is 18.1 Å². The van der Waals surface area contributed by atoms with E-state index >= 15 is 0 Å². The molecule has 7 heteroatoms. The van der Waals surface area contributed by atoms with E-state index in [1.165, 1.54) is 11.1 Å². The molecule has 0 fully saturated rings. The number of guanidine groups is 1. The summed E-state index contributed by atoms with van der Waals surface area (Å²) in [5.74, 6) is 3.05. The quantitative estimate of drug-likeness (QED) is 0.237. The molecule has 1 unspecified atom stereocenters. The summed E-state index contributed by atoms with van der Waals surface area (Å²) in [7, 11) is 3.47. The molecule has 2 aromatic rings. The zero-order chi connectivity index (χ0) is 20.5. The number of benzene rings is 2. The molecule has 0 bridgehead atoms. The van der Waals surface area contributed by atoms with Crippen molar-refractivity contribution in [3.05, 3.63) is 59.2 Å². The van der Waals surface area contributed by atoms with Crippen molar-refractivity contribution >= 4 is 29.9 Å². The van der Waals surface area contributed by atoms with E-state index in [4.69, 9.17) is 14.2 Å². The number of para-hydroxylation sites is 1. The van der Waals surface area contributed by atoms with Gasteiger partial charge in [-0.25, -0.2) is 0 Å². The third-order valence-electron chi connectivity index (χ3n) is 5.04. The van der Waals surface area contributed by atoms with Gasteiger partial charge in [0.2, 0.25) is 0 Å². The van der Waals surface area contributed by atoms with E-state index in [1.54, 1.807) is 14.2 Å². The highest BCUT2D eigenvalue weighted by Gasteiger charge is 2.21. The van der Waals surface area contributed by atoms with Gasteiger partial charge < -0.3 is 24.8 Å². The molecular weight excluding hydrogens is 493 g/mol. The van der Waals surface area contributed by atoms with Crippen LogP contribution < -0.4 is 20.1 Å². The highest BCUT2D eigenvalue weighted by Crippen LogP contribution is 2.32. The Bertz CT molecular complexity index is 829. The normalized spacial score (nSPS) is 15.4. The second-order valence-electron chi connectivity index (χ2n) is 7.13. The van der Waals surface area contributed by atoms with Gasteiger partial charge in [-0.2, -0.15) is 0 Å². The van der Waals surface area contributed by atoms with E-state index in [0.717, 1.165) is 42.6 Å². The van der Waals surface area contributed by atoms with Crippen LogP contribution in [0.5, 0.6) is 11.5 Å². The lowest BCUT2D eigenvalue weighted by Gasteiger charge is -2.26. The number of hydrogen-bond donors (Lipinski definition) is 2. The Balaban J connectivity index is 0.00000320. The van der Waals surface area contributed by atoms with E-state index in [0.29, 0.717) is 25.7 Å². The molecule has 164 valence electrons. The molecule has 0 saturated carbocycles. The summed E-state index contributed by atoms with van der Waals surface area (Å²) in [6, 6.07) is 14.5. The Hall–Kier alpha value is -2.00. The molecule has 6 nitrogen and oxygen atoms in total. The van der Waals surface area contributed by atoms with Gasteiger partial charge in [-0.05, 0) is 36.6 Å². The maximum Gasteiger partial charge on any atom is 0.191 e. The third-order valence-corrected chi connectivity index (χ3v) is 5.04. The number of methoxy groups -OCH3 is 1. The van der Waals surface area contributed by atoms with Gasteiger partial charge in [-0.15, -0.1) is 24.0 Å². The lowest BCUT2D eigenvalue weighted by atomic mass is 9.93. The predicted molar refractivity (Wildman–Crippen MR) is 131 cm³/mol. The van der Waals surface area contributed by atoms with Crippen LogP contribution in [0.25, 0.3) is 0 Å². The molecule has 1 atom stereocenters. The standard InChI is InChI=1S/C23H31N3O3.HI/c1-17-8-9-19(22(14-17)29-13-12-27-3)16-26-23(24-2)25-15-18-10-11-28-21-7-5-4-6-20(18)21;/h4-9,14,18H,10-13,15-16H2,1-3H3,(H2,24,25,26);1H. The Labute approximate surface area is 196 Å². The Kier molecular flexibility index (Phi) is 10.2. The zero-order valence-corrected chi connectivity index (χ0v) is 20.3. The van der Waals surface area contributed by atoms with Crippen molar-refractivity contribution in [2.24, 2.45) is 4.99 Å². The molecule has 30 heavy (non-hydrogen) atoms. The first-order valence-electron chi connectivity index (χ1n) is 10.1. The first-order valence-corrected chi connectivity index (χ1v) is 10.1. The van der Waals surface area contributed by atoms with Crippen molar-refractivity contribution in [1.29, 1.82) is 0 Å². The molecule has 1 aliphatic heterocycles. The zero-order valence-electron chi connectivity index (χ0n) is 17.9. The summed E-state index contributed by atoms with van der Waals surface area (Å²) >= 11 is 0. The van der Waals surface area contributed by atoms with E-state index in [-0.39, 0.29) is 24.0 Å². The summed E-state index contributed by atoms with van der Waals surface area (Å²) in [5, 5.41) is 6.85. The first kappa shape index (κ1) is 24.3. The van der Waals surface area contributed by atoms with E-state index in [2.05, 4.69) is 52.9 Å². The fourth-order valence-electron chi connectivity index (χ4n) is 3.42. The molecule has 1 aliphatic rings. The summed E-state index contributed by atoms with van der Waals surface area (Å²) in [5.41, 5.74) is 3.52. The molecule has 0 aromatic heterocycles. The van der Waals surface area contributed by atoms with Crippen LogP contribution in [0.3, 0.4) is 0 Å². The monoisotopic (exact) mass is 525 g/mol. The van der Waals surface area contributed by atoms with Gasteiger partial charge in [0.15, 0.2) is 5.96 Å². The second kappa shape index (κ2) is 12.6. The molecule has 0 amide bonds. The molecule has 0 radical (unpaired) electrons. The smallest absolute Gasteiger partial charge is 0.191 e. The average molecular weight is 525 g/mol. The second-order valence-corrected chi connectivity index (χ2v) is 7.13. The molecular formula is C23H32IN3O3. The number of hydrogen-bond acceptors (Lipinski definition) is 4. The molecule has 1 heterocycles. The molecule has 3 rings (SSSR count). The minimum atomic E-state index is 0. The van der Waals surface area contributed by atoms with Crippen molar-refractivity contribution in [2.45, 2.75) is 25.8 Å². The van der Waals surface area contributed by atoms with Crippen LogP contribution in [0.4, 0.5) is 0 Å². The third kappa shape index (κ3) is 6.77. The molecule has 2 N–H and O–H groups in total. The van der Waals surface area contributed by atoms with Gasteiger partial charge in [-0.1, -0.05) is 30.3 Å². The van der Waals surface area contributed by atoms with Crippen molar-refractivity contribution in [3.8, 4) is 11.5 Å². The van der Waals surface area contributed by atoms with Crippen molar-refractivity contribution in [1.82, 2.24) is 10.6 Å². The van der Waals surface area contributed by atoms with Crippen LogP contribution in [-0.2, 0) is 11.3 Å². The summed E-state index contributed by atoms with van der Waals surface area (Å²) in [6.07, 6.45) is 0.996. The van der Waals surface area contributed by atoms with E-state index < -0.39 is 0 Å². The van der Waals surface area contributed by atoms with Crippen LogP contribution in [0.15, 0.2) is 47.5 Å². The molecule has 0 aliphatic carbocycles. The Morgan fingerprint density at radius 3 is 2.80 bits per heavy atom.